The Balaban J connectivity index is 2.46. The predicted molar refractivity (Wildman–Crippen MR) is 62.2 cm³/mol. The molecule has 0 fully saturated rings. The van der Waals surface area contributed by atoms with Crippen molar-refractivity contribution in [3.8, 4) is 0 Å². The van der Waals surface area contributed by atoms with Crippen LogP contribution in [-0.4, -0.2) is 9.97 Å². The number of hydrogen-bond acceptors (Lipinski definition) is 2. The van der Waals surface area contributed by atoms with E-state index >= 15 is 0 Å². The lowest BCUT2D eigenvalue weighted by Gasteiger charge is -1.97. The number of aromatic nitrogens is 2. The van der Waals surface area contributed by atoms with Gasteiger partial charge in [0.15, 0.2) is 0 Å². The standard InChI is InChI=1S/C10H10BrN3/c1-6(2)12-10-13-8-4-3-7(11)5-9(8)14-10/h3-5H,1H2,2H3,(H2,12,13,14). The Morgan fingerprint density at radius 1 is 1.57 bits per heavy atom. The summed E-state index contributed by atoms with van der Waals surface area (Å²) in [7, 11) is 0. The average molecular weight is 252 g/mol. The average Bonchev–Trinajstić information content (AvgIpc) is 2.44. The van der Waals surface area contributed by atoms with E-state index in [1.807, 2.05) is 25.1 Å². The van der Waals surface area contributed by atoms with Gasteiger partial charge >= 0.3 is 0 Å². The summed E-state index contributed by atoms with van der Waals surface area (Å²) in [5.41, 5.74) is 2.81. The molecule has 0 radical (unpaired) electrons. The minimum atomic E-state index is 0.727. The van der Waals surface area contributed by atoms with Gasteiger partial charge in [0.1, 0.15) is 0 Å². The van der Waals surface area contributed by atoms with E-state index < -0.39 is 0 Å². The lowest BCUT2D eigenvalue weighted by Crippen LogP contribution is -1.94. The summed E-state index contributed by atoms with van der Waals surface area (Å²) in [6.07, 6.45) is 0. The van der Waals surface area contributed by atoms with Crippen LogP contribution in [0.25, 0.3) is 11.0 Å². The quantitative estimate of drug-likeness (QED) is 0.861. The summed E-state index contributed by atoms with van der Waals surface area (Å²) in [5.74, 6) is 0.727. The van der Waals surface area contributed by atoms with Crippen molar-refractivity contribution in [1.82, 2.24) is 9.97 Å². The van der Waals surface area contributed by atoms with Gasteiger partial charge < -0.3 is 10.3 Å². The van der Waals surface area contributed by atoms with Gasteiger partial charge in [-0.2, -0.15) is 0 Å². The molecule has 2 rings (SSSR count). The van der Waals surface area contributed by atoms with Crippen molar-refractivity contribution in [3.05, 3.63) is 34.9 Å². The van der Waals surface area contributed by atoms with Gasteiger partial charge in [-0.05, 0) is 25.1 Å². The molecule has 0 amide bonds. The molecule has 0 atom stereocenters. The molecule has 0 unspecified atom stereocenters. The molecule has 1 aromatic carbocycles. The minimum absolute atomic E-state index is 0.727. The number of nitrogens with one attached hydrogen (secondary N) is 2. The Morgan fingerprint density at radius 2 is 2.36 bits per heavy atom. The molecule has 14 heavy (non-hydrogen) atoms. The van der Waals surface area contributed by atoms with E-state index in [1.54, 1.807) is 0 Å². The van der Waals surface area contributed by atoms with Crippen molar-refractivity contribution >= 4 is 32.9 Å². The molecular formula is C10H10BrN3. The van der Waals surface area contributed by atoms with Crippen LogP contribution in [0.4, 0.5) is 5.95 Å². The molecule has 2 N–H and O–H groups in total. The Morgan fingerprint density at radius 3 is 3.07 bits per heavy atom. The Labute approximate surface area is 90.4 Å². The summed E-state index contributed by atoms with van der Waals surface area (Å²) in [5, 5.41) is 3.04. The largest absolute Gasteiger partial charge is 0.330 e. The number of allylic oxidation sites excluding steroid dienone is 1. The highest BCUT2D eigenvalue weighted by atomic mass is 79.9. The fraction of sp³-hybridized carbons (Fsp3) is 0.100. The molecule has 72 valence electrons. The number of fused-ring (bicyclic) bond motifs is 1. The molecule has 0 aliphatic rings. The molecule has 0 aliphatic heterocycles. The second kappa shape index (κ2) is 3.46. The summed E-state index contributed by atoms with van der Waals surface area (Å²) < 4.78 is 1.04. The zero-order valence-corrected chi connectivity index (χ0v) is 9.35. The first-order chi connectivity index (χ1) is 6.65. The number of anilines is 1. The van der Waals surface area contributed by atoms with Crippen LogP contribution in [0.1, 0.15) is 6.92 Å². The number of benzene rings is 1. The maximum absolute atomic E-state index is 4.35. The van der Waals surface area contributed by atoms with Gasteiger partial charge in [0.05, 0.1) is 11.0 Å². The fourth-order valence-corrected chi connectivity index (χ4v) is 1.60. The van der Waals surface area contributed by atoms with Crippen molar-refractivity contribution in [1.29, 1.82) is 0 Å². The SMILES string of the molecule is C=C(C)Nc1nc2ccc(Br)cc2[nH]1. The third-order valence-electron chi connectivity index (χ3n) is 1.78. The van der Waals surface area contributed by atoms with Gasteiger partial charge in [0.25, 0.3) is 0 Å². The minimum Gasteiger partial charge on any atom is -0.330 e. The fourth-order valence-electron chi connectivity index (χ4n) is 1.24. The molecule has 0 spiro atoms. The zero-order chi connectivity index (χ0) is 10.1. The highest BCUT2D eigenvalue weighted by molar-refractivity contribution is 9.10. The highest BCUT2D eigenvalue weighted by Gasteiger charge is 2.01. The number of hydrogen-bond donors (Lipinski definition) is 2. The van der Waals surface area contributed by atoms with Crippen LogP contribution in [0.3, 0.4) is 0 Å². The van der Waals surface area contributed by atoms with Crippen LogP contribution in [-0.2, 0) is 0 Å². The predicted octanol–water partition coefficient (Wildman–Crippen LogP) is 3.27. The first-order valence-corrected chi connectivity index (χ1v) is 5.02. The van der Waals surface area contributed by atoms with Gasteiger partial charge in [0.2, 0.25) is 5.95 Å². The first-order valence-electron chi connectivity index (χ1n) is 4.23. The molecule has 0 saturated heterocycles. The number of halogens is 1. The van der Waals surface area contributed by atoms with Crippen LogP contribution < -0.4 is 5.32 Å². The Bertz CT molecular complexity index is 487. The normalized spacial score (nSPS) is 10.4. The van der Waals surface area contributed by atoms with Gasteiger partial charge in [0, 0.05) is 10.2 Å². The molecule has 0 aliphatic carbocycles. The van der Waals surface area contributed by atoms with E-state index in [1.165, 1.54) is 0 Å². The molecule has 3 nitrogen and oxygen atoms in total. The van der Waals surface area contributed by atoms with Crippen LogP contribution in [0.5, 0.6) is 0 Å². The van der Waals surface area contributed by atoms with E-state index in [2.05, 4.69) is 37.8 Å². The molecule has 4 heteroatoms. The second-order valence-corrected chi connectivity index (χ2v) is 4.07. The Hall–Kier alpha value is -1.29. The lowest BCUT2D eigenvalue weighted by molar-refractivity contribution is 1.25. The van der Waals surface area contributed by atoms with Crippen LogP contribution in [0, 0.1) is 0 Å². The summed E-state index contributed by atoms with van der Waals surface area (Å²) >= 11 is 3.41. The summed E-state index contributed by atoms with van der Waals surface area (Å²) in [4.78, 5) is 7.50. The first kappa shape index (κ1) is 9.27. The van der Waals surface area contributed by atoms with Crippen molar-refractivity contribution in [2.24, 2.45) is 0 Å². The molecule has 0 saturated carbocycles. The molecule has 0 bridgehead atoms. The number of H-pyrrole nitrogens is 1. The smallest absolute Gasteiger partial charge is 0.205 e. The Kier molecular flexibility index (Phi) is 2.29. The molecule has 1 aromatic heterocycles. The molecule has 1 heterocycles. The molecular weight excluding hydrogens is 242 g/mol. The number of imidazole rings is 1. The van der Waals surface area contributed by atoms with E-state index in [0.29, 0.717) is 0 Å². The van der Waals surface area contributed by atoms with E-state index in [0.717, 1.165) is 27.2 Å². The monoisotopic (exact) mass is 251 g/mol. The van der Waals surface area contributed by atoms with Gasteiger partial charge in [-0.3, -0.25) is 0 Å². The van der Waals surface area contributed by atoms with E-state index in [4.69, 9.17) is 0 Å². The van der Waals surface area contributed by atoms with Crippen molar-refractivity contribution < 1.29 is 0 Å². The van der Waals surface area contributed by atoms with E-state index in [-0.39, 0.29) is 0 Å². The van der Waals surface area contributed by atoms with Crippen LogP contribution in [0.15, 0.2) is 34.9 Å². The number of rotatable bonds is 2. The second-order valence-electron chi connectivity index (χ2n) is 3.15. The zero-order valence-electron chi connectivity index (χ0n) is 7.76. The third kappa shape index (κ3) is 1.80. The van der Waals surface area contributed by atoms with Gasteiger partial charge in [-0.25, -0.2) is 4.98 Å². The number of nitrogens with zero attached hydrogens (tertiary/aromatic N) is 1. The van der Waals surface area contributed by atoms with Gasteiger partial charge in [-0.15, -0.1) is 0 Å². The lowest BCUT2D eigenvalue weighted by atomic mass is 10.3. The van der Waals surface area contributed by atoms with Crippen molar-refractivity contribution in [3.63, 3.8) is 0 Å². The van der Waals surface area contributed by atoms with Crippen molar-refractivity contribution in [2.45, 2.75) is 6.92 Å². The highest BCUT2D eigenvalue weighted by Crippen LogP contribution is 2.19. The summed E-state index contributed by atoms with van der Waals surface area (Å²) in [6, 6.07) is 5.92. The maximum atomic E-state index is 4.35. The number of aromatic amines is 1. The van der Waals surface area contributed by atoms with Crippen LogP contribution in [0.2, 0.25) is 0 Å². The topological polar surface area (TPSA) is 40.7 Å². The summed E-state index contributed by atoms with van der Waals surface area (Å²) in [6.45, 7) is 5.65. The van der Waals surface area contributed by atoms with Gasteiger partial charge in [-0.1, -0.05) is 22.5 Å². The maximum Gasteiger partial charge on any atom is 0.205 e. The van der Waals surface area contributed by atoms with Crippen molar-refractivity contribution in [2.75, 3.05) is 5.32 Å². The third-order valence-corrected chi connectivity index (χ3v) is 2.27. The van der Waals surface area contributed by atoms with Crippen LogP contribution >= 0.6 is 15.9 Å². The molecule has 2 aromatic rings. The van der Waals surface area contributed by atoms with E-state index in [9.17, 15) is 0 Å².